The fourth-order valence-corrected chi connectivity index (χ4v) is 2.51. The highest BCUT2D eigenvalue weighted by Crippen LogP contribution is 2.23. The van der Waals surface area contributed by atoms with Crippen LogP contribution in [0.15, 0.2) is 0 Å². The molecular weight excluding hydrogens is 188 g/mol. The topological polar surface area (TPSA) is 24.5 Å². The van der Waals surface area contributed by atoms with E-state index in [9.17, 15) is 0 Å². The van der Waals surface area contributed by atoms with Gasteiger partial charge in [-0.15, -0.1) is 0 Å². The number of ether oxygens (including phenoxy) is 1. The molecule has 0 aromatic rings. The Morgan fingerprint density at radius 3 is 2.80 bits per heavy atom. The first kappa shape index (κ1) is 12.9. The van der Waals surface area contributed by atoms with Gasteiger partial charge in [0.1, 0.15) is 0 Å². The summed E-state index contributed by atoms with van der Waals surface area (Å²) in [5.41, 5.74) is 0. The molecule has 0 amide bonds. The minimum absolute atomic E-state index is 0.524. The predicted molar refractivity (Wildman–Crippen MR) is 64.2 cm³/mol. The monoisotopic (exact) mass is 214 g/mol. The van der Waals surface area contributed by atoms with Gasteiger partial charge in [0.25, 0.3) is 0 Å². The lowest BCUT2D eigenvalue weighted by Gasteiger charge is -2.38. The summed E-state index contributed by atoms with van der Waals surface area (Å²) in [5, 5.41) is 3.40. The van der Waals surface area contributed by atoms with E-state index in [-0.39, 0.29) is 0 Å². The van der Waals surface area contributed by atoms with Crippen LogP contribution in [-0.4, -0.2) is 50.8 Å². The summed E-state index contributed by atoms with van der Waals surface area (Å²) < 4.78 is 5.21. The number of methoxy groups -OCH3 is 1. The SMILES string of the molecule is CNC1CCCC(N(C)C(C)COC)C1. The molecule has 0 aliphatic heterocycles. The second kappa shape index (κ2) is 6.46. The Balaban J connectivity index is 2.40. The van der Waals surface area contributed by atoms with E-state index in [1.807, 2.05) is 0 Å². The molecule has 0 aromatic carbocycles. The van der Waals surface area contributed by atoms with Gasteiger partial charge in [-0.3, -0.25) is 4.90 Å². The van der Waals surface area contributed by atoms with Gasteiger partial charge in [0.05, 0.1) is 6.61 Å². The van der Waals surface area contributed by atoms with Crippen LogP contribution in [0.2, 0.25) is 0 Å². The molecule has 1 saturated carbocycles. The number of hydrogen-bond acceptors (Lipinski definition) is 3. The summed E-state index contributed by atoms with van der Waals surface area (Å²) >= 11 is 0. The van der Waals surface area contributed by atoms with Crippen LogP contribution < -0.4 is 5.32 Å². The standard InChI is InChI=1S/C12H26N2O/c1-10(9-15-4)14(3)12-7-5-6-11(8-12)13-2/h10-13H,5-9H2,1-4H3. The van der Waals surface area contributed by atoms with Gasteiger partial charge in [-0.1, -0.05) is 6.42 Å². The molecule has 0 heterocycles. The maximum atomic E-state index is 5.21. The first-order valence-corrected chi connectivity index (χ1v) is 6.07. The van der Waals surface area contributed by atoms with Crippen molar-refractivity contribution < 1.29 is 4.74 Å². The van der Waals surface area contributed by atoms with Crippen molar-refractivity contribution in [1.82, 2.24) is 10.2 Å². The Labute approximate surface area is 94.2 Å². The summed E-state index contributed by atoms with van der Waals surface area (Å²) in [4.78, 5) is 2.48. The van der Waals surface area contributed by atoms with Gasteiger partial charge >= 0.3 is 0 Å². The quantitative estimate of drug-likeness (QED) is 0.750. The zero-order valence-electron chi connectivity index (χ0n) is 10.6. The van der Waals surface area contributed by atoms with Crippen LogP contribution in [0, 0.1) is 0 Å². The highest BCUT2D eigenvalue weighted by atomic mass is 16.5. The third-order valence-corrected chi connectivity index (χ3v) is 3.73. The largest absolute Gasteiger partial charge is 0.383 e. The molecule has 3 nitrogen and oxygen atoms in total. The zero-order valence-corrected chi connectivity index (χ0v) is 10.6. The molecule has 3 unspecified atom stereocenters. The Morgan fingerprint density at radius 1 is 1.47 bits per heavy atom. The lowest BCUT2D eigenvalue weighted by atomic mass is 9.89. The molecule has 1 aliphatic carbocycles. The first-order chi connectivity index (χ1) is 7.19. The fraction of sp³-hybridized carbons (Fsp3) is 1.00. The average molecular weight is 214 g/mol. The normalized spacial score (nSPS) is 29.4. The summed E-state index contributed by atoms with van der Waals surface area (Å²) in [6.45, 7) is 3.07. The van der Waals surface area contributed by atoms with Crippen molar-refractivity contribution in [1.29, 1.82) is 0 Å². The van der Waals surface area contributed by atoms with Gasteiger partial charge < -0.3 is 10.1 Å². The molecule has 90 valence electrons. The van der Waals surface area contributed by atoms with E-state index in [0.29, 0.717) is 12.1 Å². The average Bonchev–Trinajstić information content (AvgIpc) is 2.28. The van der Waals surface area contributed by atoms with Crippen molar-refractivity contribution in [2.24, 2.45) is 0 Å². The van der Waals surface area contributed by atoms with Gasteiger partial charge in [0, 0.05) is 25.2 Å². The van der Waals surface area contributed by atoms with Crippen molar-refractivity contribution in [3.05, 3.63) is 0 Å². The smallest absolute Gasteiger partial charge is 0.0615 e. The summed E-state index contributed by atoms with van der Waals surface area (Å²) in [7, 11) is 6.08. The second-order valence-corrected chi connectivity index (χ2v) is 4.78. The van der Waals surface area contributed by atoms with Gasteiger partial charge in [0.2, 0.25) is 0 Å². The van der Waals surface area contributed by atoms with Crippen LogP contribution in [0.4, 0.5) is 0 Å². The lowest BCUT2D eigenvalue weighted by Crippen LogP contribution is -2.46. The third kappa shape index (κ3) is 3.74. The predicted octanol–water partition coefficient (Wildman–Crippen LogP) is 1.48. The van der Waals surface area contributed by atoms with Crippen LogP contribution in [0.1, 0.15) is 32.6 Å². The third-order valence-electron chi connectivity index (χ3n) is 3.73. The molecular formula is C12H26N2O. The van der Waals surface area contributed by atoms with E-state index in [2.05, 4.69) is 31.2 Å². The number of nitrogens with one attached hydrogen (secondary N) is 1. The Bertz CT molecular complexity index is 175. The summed E-state index contributed by atoms with van der Waals surface area (Å²) in [6.07, 6.45) is 5.30. The summed E-state index contributed by atoms with van der Waals surface area (Å²) in [5.74, 6) is 0. The van der Waals surface area contributed by atoms with Gasteiger partial charge in [-0.25, -0.2) is 0 Å². The van der Waals surface area contributed by atoms with Crippen molar-refractivity contribution in [3.63, 3.8) is 0 Å². The molecule has 0 aromatic heterocycles. The molecule has 1 N–H and O–H groups in total. The van der Waals surface area contributed by atoms with Crippen LogP contribution in [0.5, 0.6) is 0 Å². The Morgan fingerprint density at radius 2 is 2.20 bits per heavy atom. The van der Waals surface area contributed by atoms with Gasteiger partial charge in [-0.2, -0.15) is 0 Å². The zero-order chi connectivity index (χ0) is 11.3. The van der Waals surface area contributed by atoms with E-state index in [1.54, 1.807) is 7.11 Å². The molecule has 3 heteroatoms. The van der Waals surface area contributed by atoms with Gasteiger partial charge in [0.15, 0.2) is 0 Å². The first-order valence-electron chi connectivity index (χ1n) is 6.07. The van der Waals surface area contributed by atoms with E-state index in [4.69, 9.17) is 4.74 Å². The van der Waals surface area contributed by atoms with E-state index in [1.165, 1.54) is 25.7 Å². The van der Waals surface area contributed by atoms with E-state index < -0.39 is 0 Å². The Kier molecular flexibility index (Phi) is 5.58. The highest BCUT2D eigenvalue weighted by Gasteiger charge is 2.26. The van der Waals surface area contributed by atoms with Crippen molar-refractivity contribution >= 4 is 0 Å². The number of nitrogens with zero attached hydrogens (tertiary/aromatic N) is 1. The molecule has 1 fully saturated rings. The number of likely N-dealkylation sites (N-methyl/N-ethyl adjacent to an activating group) is 1. The van der Waals surface area contributed by atoms with Crippen molar-refractivity contribution in [3.8, 4) is 0 Å². The van der Waals surface area contributed by atoms with Crippen LogP contribution >= 0.6 is 0 Å². The molecule has 0 radical (unpaired) electrons. The molecule has 1 rings (SSSR count). The molecule has 1 aliphatic rings. The van der Waals surface area contributed by atoms with Crippen LogP contribution in [0.25, 0.3) is 0 Å². The van der Waals surface area contributed by atoms with Crippen molar-refractivity contribution in [2.75, 3.05) is 27.8 Å². The highest BCUT2D eigenvalue weighted by molar-refractivity contribution is 4.83. The molecule has 0 bridgehead atoms. The van der Waals surface area contributed by atoms with E-state index in [0.717, 1.165) is 12.6 Å². The maximum Gasteiger partial charge on any atom is 0.0615 e. The molecule has 3 atom stereocenters. The fourth-order valence-electron chi connectivity index (χ4n) is 2.51. The number of hydrogen-bond donors (Lipinski definition) is 1. The molecule has 0 saturated heterocycles. The Hall–Kier alpha value is -0.120. The van der Waals surface area contributed by atoms with Crippen molar-refractivity contribution in [2.45, 2.75) is 50.7 Å². The summed E-state index contributed by atoms with van der Waals surface area (Å²) in [6, 6.07) is 1.96. The van der Waals surface area contributed by atoms with Crippen LogP contribution in [0.3, 0.4) is 0 Å². The molecule has 15 heavy (non-hydrogen) atoms. The maximum absolute atomic E-state index is 5.21. The lowest BCUT2D eigenvalue weighted by molar-refractivity contribution is 0.0704. The minimum Gasteiger partial charge on any atom is -0.383 e. The minimum atomic E-state index is 0.524. The van der Waals surface area contributed by atoms with E-state index >= 15 is 0 Å². The molecule has 0 spiro atoms. The number of rotatable bonds is 5. The van der Waals surface area contributed by atoms with Gasteiger partial charge in [-0.05, 0) is 40.3 Å². The van der Waals surface area contributed by atoms with Crippen LogP contribution in [-0.2, 0) is 4.74 Å². The second-order valence-electron chi connectivity index (χ2n) is 4.78.